The zero-order valence-corrected chi connectivity index (χ0v) is 14.4. The Hall–Kier alpha value is -3.36. The van der Waals surface area contributed by atoms with Crippen LogP contribution in [0.1, 0.15) is 17.5 Å². The summed E-state index contributed by atoms with van der Waals surface area (Å²) in [7, 11) is 0. The smallest absolute Gasteiger partial charge is 0.286 e. The van der Waals surface area contributed by atoms with Crippen LogP contribution in [0.25, 0.3) is 11.3 Å². The van der Waals surface area contributed by atoms with Crippen LogP contribution in [-0.2, 0) is 16.0 Å². The molecule has 8 nitrogen and oxygen atoms in total. The van der Waals surface area contributed by atoms with Crippen molar-refractivity contribution in [3.05, 3.63) is 71.9 Å². The van der Waals surface area contributed by atoms with E-state index in [2.05, 4.69) is 20.7 Å². The van der Waals surface area contributed by atoms with Crippen molar-refractivity contribution < 1.29 is 14.7 Å². The quantitative estimate of drug-likeness (QED) is 0.343. The molecule has 0 fully saturated rings. The first-order chi connectivity index (χ1) is 13.1. The summed E-state index contributed by atoms with van der Waals surface area (Å²) in [6.07, 6.45) is -1.13. The van der Waals surface area contributed by atoms with Crippen LogP contribution in [0.4, 0.5) is 0 Å². The average Bonchev–Trinajstić information content (AvgIpc) is 3.18. The molecule has 3 aromatic rings. The standard InChI is InChI=1S/C19H19N5O3/c20-18(26)17(25)14(11-12-7-3-1-4-8-12)21-19(27)16-15(22-24-23-16)13-9-5-2-6-10-13/h1-10,14,19,21,27H,11H2,(H2,20,26)(H,22,23,24). The number of aromatic nitrogens is 3. The lowest BCUT2D eigenvalue weighted by molar-refractivity contribution is -0.137. The van der Waals surface area contributed by atoms with E-state index in [4.69, 9.17) is 5.73 Å². The van der Waals surface area contributed by atoms with Crippen LogP contribution in [-0.4, -0.2) is 38.2 Å². The summed E-state index contributed by atoms with van der Waals surface area (Å²) < 4.78 is 0. The number of Topliss-reactive ketones (excluding diaryl/α,β-unsaturated/α-hetero) is 1. The molecule has 0 aliphatic carbocycles. The number of nitrogens with two attached hydrogens (primary N) is 1. The van der Waals surface area contributed by atoms with Gasteiger partial charge in [0.15, 0.2) is 6.23 Å². The van der Waals surface area contributed by atoms with E-state index in [-0.39, 0.29) is 12.1 Å². The van der Waals surface area contributed by atoms with Gasteiger partial charge in [-0.2, -0.15) is 15.4 Å². The fraction of sp³-hybridized carbons (Fsp3) is 0.158. The van der Waals surface area contributed by atoms with E-state index in [0.717, 1.165) is 11.1 Å². The molecule has 0 saturated heterocycles. The third kappa shape index (κ3) is 4.43. The molecule has 0 aliphatic heterocycles. The Morgan fingerprint density at radius 2 is 1.67 bits per heavy atom. The number of nitrogens with zero attached hydrogens (tertiary/aromatic N) is 2. The Morgan fingerprint density at radius 1 is 1.04 bits per heavy atom. The van der Waals surface area contributed by atoms with E-state index in [1.165, 1.54) is 0 Å². The number of aliphatic hydroxyl groups is 1. The highest BCUT2D eigenvalue weighted by Gasteiger charge is 2.28. The van der Waals surface area contributed by atoms with Crippen molar-refractivity contribution in [1.82, 2.24) is 20.7 Å². The van der Waals surface area contributed by atoms with Gasteiger partial charge in [-0.1, -0.05) is 60.7 Å². The van der Waals surface area contributed by atoms with E-state index in [1.807, 2.05) is 60.7 Å². The Kier molecular flexibility index (Phi) is 5.70. The van der Waals surface area contributed by atoms with Gasteiger partial charge in [-0.25, -0.2) is 0 Å². The number of benzene rings is 2. The number of nitrogens with one attached hydrogen (secondary N) is 2. The lowest BCUT2D eigenvalue weighted by Gasteiger charge is -2.20. The second kappa shape index (κ2) is 8.35. The molecule has 1 amide bonds. The van der Waals surface area contributed by atoms with Gasteiger partial charge in [0.2, 0.25) is 5.78 Å². The summed E-state index contributed by atoms with van der Waals surface area (Å²) in [5.41, 5.74) is 7.40. The Morgan fingerprint density at radius 3 is 2.30 bits per heavy atom. The fourth-order valence-corrected chi connectivity index (χ4v) is 2.76. The average molecular weight is 365 g/mol. The molecule has 0 aliphatic rings. The molecular formula is C19H19N5O3. The molecular weight excluding hydrogens is 346 g/mol. The Labute approximate surface area is 155 Å². The van der Waals surface area contributed by atoms with E-state index >= 15 is 0 Å². The third-order valence-corrected chi connectivity index (χ3v) is 4.08. The Bertz CT molecular complexity index is 911. The number of H-pyrrole nitrogens is 1. The number of carbonyl (C=O) groups excluding carboxylic acids is 2. The number of carbonyl (C=O) groups is 2. The number of ketones is 1. The normalized spacial score (nSPS) is 13.1. The summed E-state index contributed by atoms with van der Waals surface area (Å²) in [6, 6.07) is 17.3. The molecule has 2 unspecified atom stereocenters. The molecule has 1 aromatic heterocycles. The molecule has 3 rings (SSSR count). The van der Waals surface area contributed by atoms with Crippen LogP contribution in [0.2, 0.25) is 0 Å². The predicted molar refractivity (Wildman–Crippen MR) is 98.0 cm³/mol. The number of hydrogen-bond donors (Lipinski definition) is 4. The van der Waals surface area contributed by atoms with E-state index in [1.54, 1.807) is 0 Å². The summed E-state index contributed by atoms with van der Waals surface area (Å²) in [5, 5.41) is 23.9. The minimum atomic E-state index is -1.32. The van der Waals surface area contributed by atoms with Gasteiger partial charge >= 0.3 is 0 Å². The minimum absolute atomic E-state index is 0.193. The molecule has 0 saturated carbocycles. The molecule has 8 heteroatoms. The predicted octanol–water partition coefficient (Wildman–Crippen LogP) is 0.718. The zero-order valence-electron chi connectivity index (χ0n) is 14.4. The highest BCUT2D eigenvalue weighted by Crippen LogP contribution is 2.23. The molecule has 0 radical (unpaired) electrons. The summed E-state index contributed by atoms with van der Waals surface area (Å²) in [6.45, 7) is 0. The molecule has 2 atom stereocenters. The minimum Gasteiger partial charge on any atom is -0.372 e. The van der Waals surface area contributed by atoms with Crippen molar-refractivity contribution in [2.75, 3.05) is 0 Å². The first-order valence-electron chi connectivity index (χ1n) is 8.34. The maximum atomic E-state index is 12.2. The van der Waals surface area contributed by atoms with Crippen LogP contribution in [0.5, 0.6) is 0 Å². The number of aliphatic hydroxyl groups excluding tert-OH is 1. The van der Waals surface area contributed by atoms with Gasteiger partial charge in [-0.05, 0) is 12.0 Å². The van der Waals surface area contributed by atoms with E-state index < -0.39 is 24.0 Å². The summed E-state index contributed by atoms with van der Waals surface area (Å²) >= 11 is 0. The van der Waals surface area contributed by atoms with Gasteiger partial charge in [0.1, 0.15) is 11.4 Å². The maximum absolute atomic E-state index is 12.2. The molecule has 138 valence electrons. The molecule has 1 heterocycles. The van der Waals surface area contributed by atoms with Crippen LogP contribution in [0.15, 0.2) is 60.7 Å². The summed E-state index contributed by atoms with van der Waals surface area (Å²) in [5.74, 6) is -1.89. The largest absolute Gasteiger partial charge is 0.372 e. The number of aromatic amines is 1. The van der Waals surface area contributed by atoms with Crippen LogP contribution < -0.4 is 11.1 Å². The van der Waals surface area contributed by atoms with Gasteiger partial charge in [0, 0.05) is 5.56 Å². The van der Waals surface area contributed by atoms with Crippen molar-refractivity contribution in [2.24, 2.45) is 5.73 Å². The molecule has 0 bridgehead atoms. The maximum Gasteiger partial charge on any atom is 0.286 e. The monoisotopic (exact) mass is 365 g/mol. The van der Waals surface area contributed by atoms with Crippen molar-refractivity contribution in [2.45, 2.75) is 18.7 Å². The van der Waals surface area contributed by atoms with Gasteiger partial charge in [-0.15, -0.1) is 0 Å². The van der Waals surface area contributed by atoms with Crippen molar-refractivity contribution >= 4 is 11.7 Å². The lowest BCUT2D eigenvalue weighted by Crippen LogP contribution is -2.46. The third-order valence-electron chi connectivity index (χ3n) is 4.08. The van der Waals surface area contributed by atoms with E-state index in [9.17, 15) is 14.7 Å². The Balaban J connectivity index is 1.83. The van der Waals surface area contributed by atoms with Gasteiger partial charge in [0.05, 0.1) is 6.04 Å². The molecule has 2 aromatic carbocycles. The van der Waals surface area contributed by atoms with Crippen LogP contribution >= 0.6 is 0 Å². The number of hydrogen-bond acceptors (Lipinski definition) is 6. The fourth-order valence-electron chi connectivity index (χ4n) is 2.76. The van der Waals surface area contributed by atoms with Crippen molar-refractivity contribution in [3.63, 3.8) is 0 Å². The first kappa shape index (κ1) is 18.4. The topological polar surface area (TPSA) is 134 Å². The van der Waals surface area contributed by atoms with Gasteiger partial charge in [0.25, 0.3) is 5.91 Å². The van der Waals surface area contributed by atoms with Crippen molar-refractivity contribution in [1.29, 1.82) is 0 Å². The second-order valence-corrected chi connectivity index (χ2v) is 5.96. The van der Waals surface area contributed by atoms with Crippen LogP contribution in [0.3, 0.4) is 0 Å². The molecule has 0 spiro atoms. The van der Waals surface area contributed by atoms with Crippen molar-refractivity contribution in [3.8, 4) is 11.3 Å². The summed E-state index contributed by atoms with van der Waals surface area (Å²) in [4.78, 5) is 23.6. The number of amides is 1. The number of primary amides is 1. The second-order valence-electron chi connectivity index (χ2n) is 5.96. The highest BCUT2D eigenvalue weighted by atomic mass is 16.3. The number of rotatable bonds is 8. The first-order valence-corrected chi connectivity index (χ1v) is 8.34. The highest BCUT2D eigenvalue weighted by molar-refractivity contribution is 6.37. The molecule has 27 heavy (non-hydrogen) atoms. The molecule has 5 N–H and O–H groups in total. The zero-order chi connectivity index (χ0) is 19.2. The van der Waals surface area contributed by atoms with Gasteiger partial charge < -0.3 is 10.8 Å². The van der Waals surface area contributed by atoms with Crippen LogP contribution in [0, 0.1) is 0 Å². The van der Waals surface area contributed by atoms with E-state index in [0.29, 0.717) is 5.69 Å². The lowest BCUT2D eigenvalue weighted by atomic mass is 10.0. The van der Waals surface area contributed by atoms with Gasteiger partial charge in [-0.3, -0.25) is 14.9 Å². The SMILES string of the molecule is NC(=O)C(=O)C(Cc1ccccc1)NC(O)c1n[nH]nc1-c1ccccc1.